The molecular weight excluding hydrogens is 216 g/mol. The van der Waals surface area contributed by atoms with Crippen molar-refractivity contribution in [1.82, 2.24) is 0 Å². The number of anilines is 1. The number of rotatable bonds is 4. The van der Waals surface area contributed by atoms with E-state index in [4.69, 9.17) is 0 Å². The van der Waals surface area contributed by atoms with Crippen LogP contribution in [-0.4, -0.2) is 4.92 Å². The van der Waals surface area contributed by atoms with Gasteiger partial charge in [0.1, 0.15) is 5.69 Å². The monoisotopic (exact) mass is 227 g/mol. The van der Waals surface area contributed by atoms with Crippen LogP contribution in [0.2, 0.25) is 0 Å². The topological polar surface area (TPSA) is 55.2 Å². The Hall–Kier alpha value is -2.36. The lowest BCUT2D eigenvalue weighted by Gasteiger charge is -2.06. The van der Waals surface area contributed by atoms with Crippen LogP contribution in [0.1, 0.15) is 5.56 Å². The van der Waals surface area contributed by atoms with Crippen LogP contribution >= 0.6 is 0 Å². The molecule has 0 atom stereocenters. The van der Waals surface area contributed by atoms with Crippen molar-refractivity contribution in [2.24, 2.45) is 0 Å². The zero-order valence-electron chi connectivity index (χ0n) is 9.09. The predicted octanol–water partition coefficient (Wildman–Crippen LogP) is 3.01. The maximum atomic E-state index is 10.8. The van der Waals surface area contributed by atoms with Gasteiger partial charge in [-0.1, -0.05) is 42.5 Å². The van der Waals surface area contributed by atoms with E-state index in [1.54, 1.807) is 12.1 Å². The molecule has 0 saturated heterocycles. The summed E-state index contributed by atoms with van der Waals surface area (Å²) in [6.45, 7) is 0.544. The second kappa shape index (κ2) is 5.12. The maximum absolute atomic E-state index is 10.8. The van der Waals surface area contributed by atoms with Gasteiger partial charge in [0.25, 0.3) is 5.69 Å². The van der Waals surface area contributed by atoms with Crippen LogP contribution in [0.25, 0.3) is 0 Å². The van der Waals surface area contributed by atoms with Crippen LogP contribution in [0.15, 0.2) is 48.5 Å². The molecule has 0 aliphatic heterocycles. The highest BCUT2D eigenvalue weighted by atomic mass is 16.6. The van der Waals surface area contributed by atoms with Crippen LogP contribution in [-0.2, 0) is 6.54 Å². The molecule has 0 bridgehead atoms. The molecule has 0 amide bonds. The van der Waals surface area contributed by atoms with Crippen molar-refractivity contribution in [3.63, 3.8) is 0 Å². The summed E-state index contributed by atoms with van der Waals surface area (Å²) < 4.78 is 0. The van der Waals surface area contributed by atoms with Gasteiger partial charge in [-0.15, -0.1) is 0 Å². The molecule has 2 aromatic rings. The number of hydrogen-bond acceptors (Lipinski definition) is 3. The fraction of sp³-hybridized carbons (Fsp3) is 0.0769. The van der Waals surface area contributed by atoms with E-state index in [0.717, 1.165) is 5.56 Å². The van der Waals surface area contributed by atoms with E-state index < -0.39 is 4.92 Å². The minimum Gasteiger partial charge on any atom is -0.375 e. The summed E-state index contributed by atoms with van der Waals surface area (Å²) in [5, 5.41) is 13.8. The van der Waals surface area contributed by atoms with Crippen molar-refractivity contribution < 1.29 is 4.92 Å². The molecule has 2 aromatic carbocycles. The Kier molecular flexibility index (Phi) is 3.35. The minimum absolute atomic E-state index is 0.0448. The number of nitrogens with zero attached hydrogens (tertiary/aromatic N) is 1. The van der Waals surface area contributed by atoms with Crippen molar-refractivity contribution in [3.8, 4) is 0 Å². The SMILES string of the molecule is O=[N+]([O-])c1ccc[c]c1NCc1ccccc1. The summed E-state index contributed by atoms with van der Waals surface area (Å²) in [7, 11) is 0. The normalized spacial score (nSPS) is 9.88. The minimum atomic E-state index is -0.413. The van der Waals surface area contributed by atoms with Crippen LogP contribution in [0.5, 0.6) is 0 Å². The van der Waals surface area contributed by atoms with Crippen LogP contribution in [0.3, 0.4) is 0 Å². The largest absolute Gasteiger partial charge is 0.375 e. The van der Waals surface area contributed by atoms with Crippen molar-refractivity contribution in [3.05, 3.63) is 70.3 Å². The molecule has 17 heavy (non-hydrogen) atoms. The number of para-hydroxylation sites is 1. The van der Waals surface area contributed by atoms with Crippen LogP contribution in [0.4, 0.5) is 11.4 Å². The van der Waals surface area contributed by atoms with Gasteiger partial charge in [0.2, 0.25) is 0 Å². The van der Waals surface area contributed by atoms with Gasteiger partial charge < -0.3 is 5.32 Å². The highest BCUT2D eigenvalue weighted by molar-refractivity contribution is 5.60. The molecule has 0 heterocycles. The molecule has 4 nitrogen and oxygen atoms in total. The van der Waals surface area contributed by atoms with E-state index in [9.17, 15) is 10.1 Å². The highest BCUT2D eigenvalue weighted by Gasteiger charge is 2.11. The Morgan fingerprint density at radius 1 is 1.18 bits per heavy atom. The van der Waals surface area contributed by atoms with Gasteiger partial charge in [-0.05, 0) is 5.56 Å². The third-order valence-electron chi connectivity index (χ3n) is 2.34. The Morgan fingerprint density at radius 3 is 2.65 bits per heavy atom. The molecule has 0 unspecified atom stereocenters. The standard InChI is InChI=1S/C13H11N2O2/c16-15(17)13-9-5-4-8-12(13)14-10-11-6-2-1-3-7-11/h1-7,9,14H,10H2. The molecule has 1 radical (unpaired) electrons. The van der Waals surface area contributed by atoms with E-state index in [0.29, 0.717) is 12.2 Å². The average Bonchev–Trinajstić information content (AvgIpc) is 2.38. The van der Waals surface area contributed by atoms with Crippen molar-refractivity contribution in [2.45, 2.75) is 6.54 Å². The third kappa shape index (κ3) is 2.81. The summed E-state index contributed by atoms with van der Waals surface area (Å²) in [5.74, 6) is 0. The van der Waals surface area contributed by atoms with E-state index in [2.05, 4.69) is 11.4 Å². The molecule has 2 rings (SSSR count). The van der Waals surface area contributed by atoms with Crippen LogP contribution in [0, 0.1) is 16.2 Å². The number of hydrogen-bond donors (Lipinski definition) is 1. The highest BCUT2D eigenvalue weighted by Crippen LogP contribution is 2.22. The second-order valence-electron chi connectivity index (χ2n) is 3.53. The number of benzene rings is 2. The molecule has 0 saturated carbocycles. The maximum Gasteiger partial charge on any atom is 0.292 e. The second-order valence-corrected chi connectivity index (χ2v) is 3.53. The van der Waals surface area contributed by atoms with Crippen LogP contribution < -0.4 is 5.32 Å². The number of nitro benzene ring substituents is 1. The number of nitro groups is 1. The van der Waals surface area contributed by atoms with Crippen molar-refractivity contribution in [1.29, 1.82) is 0 Å². The zero-order valence-corrected chi connectivity index (χ0v) is 9.09. The van der Waals surface area contributed by atoms with E-state index in [1.807, 2.05) is 30.3 Å². The fourth-order valence-corrected chi connectivity index (χ4v) is 1.51. The summed E-state index contributed by atoms with van der Waals surface area (Å²) in [4.78, 5) is 10.4. The fourth-order valence-electron chi connectivity index (χ4n) is 1.51. The van der Waals surface area contributed by atoms with E-state index >= 15 is 0 Å². The van der Waals surface area contributed by atoms with Crippen molar-refractivity contribution in [2.75, 3.05) is 5.32 Å². The van der Waals surface area contributed by atoms with Crippen molar-refractivity contribution >= 4 is 11.4 Å². The van der Waals surface area contributed by atoms with Gasteiger partial charge in [-0.25, -0.2) is 0 Å². The summed E-state index contributed by atoms with van der Waals surface area (Å²) in [6.07, 6.45) is 0. The Morgan fingerprint density at radius 2 is 1.94 bits per heavy atom. The third-order valence-corrected chi connectivity index (χ3v) is 2.34. The smallest absolute Gasteiger partial charge is 0.292 e. The molecule has 1 N–H and O–H groups in total. The van der Waals surface area contributed by atoms with Gasteiger partial charge in [-0.3, -0.25) is 10.1 Å². The first-order valence-corrected chi connectivity index (χ1v) is 5.20. The summed E-state index contributed by atoms with van der Waals surface area (Å²) >= 11 is 0. The molecule has 0 spiro atoms. The Labute approximate surface area is 99.1 Å². The lowest BCUT2D eigenvalue weighted by atomic mass is 10.2. The molecule has 0 aromatic heterocycles. The van der Waals surface area contributed by atoms with E-state index in [1.165, 1.54) is 6.07 Å². The van der Waals surface area contributed by atoms with Gasteiger partial charge in [0, 0.05) is 18.7 Å². The first-order valence-electron chi connectivity index (χ1n) is 5.20. The first kappa shape index (κ1) is 11.1. The molecule has 4 heteroatoms. The van der Waals surface area contributed by atoms with Gasteiger partial charge >= 0.3 is 0 Å². The quantitative estimate of drug-likeness (QED) is 0.645. The lowest BCUT2D eigenvalue weighted by Crippen LogP contribution is -2.02. The van der Waals surface area contributed by atoms with Gasteiger partial charge in [-0.2, -0.15) is 0 Å². The first-order chi connectivity index (χ1) is 8.27. The Balaban J connectivity index is 2.12. The summed E-state index contributed by atoms with van der Waals surface area (Å²) in [5.41, 5.74) is 1.53. The predicted molar refractivity (Wildman–Crippen MR) is 65.7 cm³/mol. The Bertz CT molecular complexity index is 512. The van der Waals surface area contributed by atoms with E-state index in [-0.39, 0.29) is 5.69 Å². The number of nitrogens with one attached hydrogen (secondary N) is 1. The molecule has 0 fully saturated rings. The molecule has 0 aliphatic rings. The lowest BCUT2D eigenvalue weighted by molar-refractivity contribution is -0.384. The molecular formula is C13H11N2O2. The summed E-state index contributed by atoms with van der Waals surface area (Å²) in [6, 6.07) is 17.3. The average molecular weight is 227 g/mol. The zero-order chi connectivity index (χ0) is 12.1. The molecule has 0 aliphatic carbocycles. The van der Waals surface area contributed by atoms with Gasteiger partial charge in [0.05, 0.1) is 4.92 Å². The van der Waals surface area contributed by atoms with Gasteiger partial charge in [0.15, 0.2) is 0 Å². The molecule has 85 valence electrons.